The zero-order valence-corrected chi connectivity index (χ0v) is 24.6. The highest BCUT2D eigenvalue weighted by molar-refractivity contribution is 7.91. The normalized spacial score (nSPS) is 19.0. The van der Waals surface area contributed by atoms with E-state index >= 15 is 0 Å². The van der Waals surface area contributed by atoms with Crippen molar-refractivity contribution in [1.82, 2.24) is 24.5 Å². The van der Waals surface area contributed by atoms with Gasteiger partial charge in [0.25, 0.3) is 6.43 Å². The summed E-state index contributed by atoms with van der Waals surface area (Å²) in [6, 6.07) is 3.44. The Morgan fingerprint density at radius 2 is 1.88 bits per heavy atom. The Morgan fingerprint density at radius 3 is 2.54 bits per heavy atom. The van der Waals surface area contributed by atoms with E-state index in [0.717, 1.165) is 41.0 Å². The predicted molar refractivity (Wildman–Crippen MR) is 152 cm³/mol. The number of benzene rings is 1. The van der Waals surface area contributed by atoms with Crippen LogP contribution in [0.3, 0.4) is 0 Å². The number of aromatic nitrogens is 4. The van der Waals surface area contributed by atoms with Crippen LogP contribution in [-0.2, 0) is 41.1 Å². The fraction of sp³-hybridized carbons (Fsp3) is 0.552. The van der Waals surface area contributed by atoms with Crippen molar-refractivity contribution in [2.45, 2.75) is 71.4 Å². The number of rotatable bonds is 5. The number of amides is 1. The lowest BCUT2D eigenvalue weighted by atomic mass is 9.92. The van der Waals surface area contributed by atoms with Crippen LogP contribution in [0.25, 0.3) is 11.1 Å². The van der Waals surface area contributed by atoms with Crippen molar-refractivity contribution in [1.29, 1.82) is 0 Å². The van der Waals surface area contributed by atoms with Crippen molar-refractivity contribution >= 4 is 27.2 Å². The van der Waals surface area contributed by atoms with Crippen LogP contribution in [0.2, 0.25) is 0 Å². The standard InChI is InChI=1S/C29H36F2N6O3S/c1-4-27(38)35-11-7-25-24(17-35)29(33-37(25)20-8-12-41(39,40)13-9-20)36-10-5-6-19-14-21(22(28(30)31)15-26(19)36)23-16-32-34(3)18(23)2/h14-16,20,28H,4-13,17H2,1-3H3. The van der Waals surface area contributed by atoms with E-state index in [0.29, 0.717) is 62.3 Å². The highest BCUT2D eigenvalue weighted by atomic mass is 32.2. The zero-order chi connectivity index (χ0) is 29.1. The van der Waals surface area contributed by atoms with Crippen molar-refractivity contribution in [2.75, 3.05) is 29.5 Å². The van der Waals surface area contributed by atoms with Crippen molar-refractivity contribution in [3.05, 3.63) is 46.4 Å². The fourth-order valence-electron chi connectivity index (χ4n) is 6.55. The quantitative estimate of drug-likeness (QED) is 0.432. The van der Waals surface area contributed by atoms with Crippen LogP contribution < -0.4 is 4.90 Å². The first-order valence-corrected chi connectivity index (χ1v) is 16.2. The molecule has 220 valence electrons. The Kier molecular flexibility index (Phi) is 7.15. The van der Waals surface area contributed by atoms with E-state index in [1.165, 1.54) is 0 Å². The highest BCUT2D eigenvalue weighted by Gasteiger charge is 2.35. The molecule has 0 N–H and O–H groups in total. The van der Waals surface area contributed by atoms with Gasteiger partial charge in [0.2, 0.25) is 5.91 Å². The maximum Gasteiger partial charge on any atom is 0.264 e. The lowest BCUT2D eigenvalue weighted by Gasteiger charge is -2.33. The molecular formula is C29H36F2N6O3S. The number of carbonyl (C=O) groups is 1. The Bertz CT molecular complexity index is 1600. The van der Waals surface area contributed by atoms with E-state index in [9.17, 15) is 22.0 Å². The largest absolute Gasteiger partial charge is 0.338 e. The molecule has 5 heterocycles. The molecule has 0 atom stereocenters. The number of fused-ring (bicyclic) bond motifs is 2. The number of anilines is 2. The van der Waals surface area contributed by atoms with Gasteiger partial charge in [-0.25, -0.2) is 17.2 Å². The van der Waals surface area contributed by atoms with E-state index in [-0.39, 0.29) is 29.0 Å². The Hall–Kier alpha value is -3.28. The first-order valence-electron chi connectivity index (χ1n) is 14.4. The monoisotopic (exact) mass is 586 g/mol. The number of carbonyl (C=O) groups excluding carboxylic acids is 1. The van der Waals surface area contributed by atoms with Gasteiger partial charge in [0.1, 0.15) is 9.84 Å². The summed E-state index contributed by atoms with van der Waals surface area (Å²) >= 11 is 0. The van der Waals surface area contributed by atoms with Gasteiger partial charge >= 0.3 is 0 Å². The molecule has 1 aromatic carbocycles. The average Bonchev–Trinajstić information content (AvgIpc) is 3.50. The number of halogens is 2. The Balaban J connectivity index is 1.47. The minimum atomic E-state index is -3.04. The summed E-state index contributed by atoms with van der Waals surface area (Å²) in [4.78, 5) is 16.6. The van der Waals surface area contributed by atoms with E-state index in [4.69, 9.17) is 5.10 Å². The summed E-state index contributed by atoms with van der Waals surface area (Å²) < 4.78 is 57.1. The third kappa shape index (κ3) is 4.93. The highest BCUT2D eigenvalue weighted by Crippen LogP contribution is 2.44. The molecule has 0 saturated carbocycles. The van der Waals surface area contributed by atoms with Gasteiger partial charge < -0.3 is 9.80 Å². The van der Waals surface area contributed by atoms with Crippen LogP contribution in [-0.4, -0.2) is 63.4 Å². The molecule has 0 radical (unpaired) electrons. The minimum absolute atomic E-state index is 0.0414. The molecule has 0 spiro atoms. The Morgan fingerprint density at radius 1 is 1.12 bits per heavy atom. The first kappa shape index (κ1) is 27.9. The minimum Gasteiger partial charge on any atom is -0.338 e. The molecule has 1 fully saturated rings. The third-order valence-electron chi connectivity index (χ3n) is 8.98. The molecule has 3 aliphatic heterocycles. The summed E-state index contributed by atoms with van der Waals surface area (Å²) in [7, 11) is -1.24. The molecule has 1 amide bonds. The SMILES string of the molecule is CCC(=O)N1CCc2c(c(N3CCCc4cc(-c5cnn(C)c5C)c(C(F)F)cc43)nn2C2CCS(=O)(=O)CC2)C1. The summed E-state index contributed by atoms with van der Waals surface area (Å²) in [5.41, 5.74) is 5.63. The van der Waals surface area contributed by atoms with Crippen LogP contribution in [0.4, 0.5) is 20.3 Å². The number of hydrogen-bond donors (Lipinski definition) is 0. The van der Waals surface area contributed by atoms with Crippen LogP contribution >= 0.6 is 0 Å². The summed E-state index contributed by atoms with van der Waals surface area (Å²) in [5, 5.41) is 9.37. The topological polar surface area (TPSA) is 93.3 Å². The second-order valence-electron chi connectivity index (χ2n) is 11.4. The third-order valence-corrected chi connectivity index (χ3v) is 10.7. The van der Waals surface area contributed by atoms with Gasteiger partial charge in [0.05, 0.1) is 30.3 Å². The van der Waals surface area contributed by atoms with Gasteiger partial charge in [0.15, 0.2) is 5.82 Å². The van der Waals surface area contributed by atoms with E-state index in [1.807, 2.05) is 34.4 Å². The molecule has 0 aliphatic carbocycles. The molecule has 3 aromatic rings. The molecule has 0 bridgehead atoms. The molecule has 3 aliphatic rings. The number of nitrogens with zero attached hydrogens (tertiary/aromatic N) is 6. The molecule has 6 rings (SSSR count). The van der Waals surface area contributed by atoms with Crippen LogP contribution in [0.1, 0.15) is 73.2 Å². The summed E-state index contributed by atoms with van der Waals surface area (Å²) in [5.74, 6) is 1.01. The molecular weight excluding hydrogens is 550 g/mol. The van der Waals surface area contributed by atoms with E-state index in [2.05, 4.69) is 5.10 Å². The average molecular weight is 587 g/mol. The van der Waals surface area contributed by atoms with Crippen LogP contribution in [0, 0.1) is 6.92 Å². The van der Waals surface area contributed by atoms with E-state index in [1.54, 1.807) is 24.0 Å². The molecule has 41 heavy (non-hydrogen) atoms. The van der Waals surface area contributed by atoms with E-state index < -0.39 is 16.3 Å². The number of aryl methyl sites for hydroxylation is 2. The second-order valence-corrected chi connectivity index (χ2v) is 13.7. The lowest BCUT2D eigenvalue weighted by molar-refractivity contribution is -0.131. The van der Waals surface area contributed by atoms with Gasteiger partial charge in [0, 0.05) is 66.7 Å². The zero-order valence-electron chi connectivity index (χ0n) is 23.7. The van der Waals surface area contributed by atoms with Crippen molar-refractivity contribution in [3.8, 4) is 11.1 Å². The smallest absolute Gasteiger partial charge is 0.264 e. The molecule has 9 nitrogen and oxygen atoms in total. The van der Waals surface area contributed by atoms with Crippen LogP contribution in [0.5, 0.6) is 0 Å². The van der Waals surface area contributed by atoms with Crippen molar-refractivity contribution in [2.24, 2.45) is 7.05 Å². The van der Waals surface area contributed by atoms with Crippen molar-refractivity contribution in [3.63, 3.8) is 0 Å². The molecule has 12 heteroatoms. The van der Waals surface area contributed by atoms with Gasteiger partial charge in [-0.1, -0.05) is 6.92 Å². The summed E-state index contributed by atoms with van der Waals surface area (Å²) in [6.45, 7) is 5.32. The number of hydrogen-bond acceptors (Lipinski definition) is 6. The Labute approximate surface area is 239 Å². The van der Waals surface area contributed by atoms with Gasteiger partial charge in [-0.3, -0.25) is 14.2 Å². The van der Waals surface area contributed by atoms with Crippen LogP contribution in [0.15, 0.2) is 18.3 Å². The second kappa shape index (κ2) is 10.5. The number of sulfone groups is 1. The summed E-state index contributed by atoms with van der Waals surface area (Å²) in [6.07, 6.45) is 2.57. The molecule has 0 unspecified atom stereocenters. The first-order chi connectivity index (χ1) is 19.6. The number of alkyl halides is 2. The molecule has 2 aromatic heterocycles. The fourth-order valence-corrected chi connectivity index (χ4v) is 8.02. The lowest BCUT2D eigenvalue weighted by Crippen LogP contribution is -2.37. The van der Waals surface area contributed by atoms with Gasteiger partial charge in [-0.2, -0.15) is 10.2 Å². The predicted octanol–water partition coefficient (Wildman–Crippen LogP) is 4.66. The van der Waals surface area contributed by atoms with Gasteiger partial charge in [-0.05, 0) is 55.9 Å². The molecule has 1 saturated heterocycles. The maximum atomic E-state index is 14.6. The maximum absolute atomic E-state index is 14.6. The van der Waals surface area contributed by atoms with Crippen molar-refractivity contribution < 1.29 is 22.0 Å². The van der Waals surface area contributed by atoms with Gasteiger partial charge in [-0.15, -0.1) is 0 Å².